The van der Waals surface area contributed by atoms with E-state index in [0.717, 1.165) is 206 Å². The number of aromatic nitrogens is 3. The van der Waals surface area contributed by atoms with Gasteiger partial charge in [0.25, 0.3) is 11.8 Å². The van der Waals surface area contributed by atoms with Crippen LogP contribution in [0.15, 0.2) is 173 Å². The van der Waals surface area contributed by atoms with Crippen molar-refractivity contribution in [1.82, 2.24) is 39.5 Å². The Morgan fingerprint density at radius 2 is 0.723 bits per heavy atom. The maximum absolute atomic E-state index is 13.3. The van der Waals surface area contributed by atoms with Crippen LogP contribution in [0.5, 0.6) is 0 Å². The molecule has 1 atom stereocenters. The minimum Gasteiger partial charge on any atom is -0.412 e. The lowest BCUT2D eigenvalue weighted by Crippen LogP contribution is -2.42. The predicted molar refractivity (Wildman–Crippen MR) is 581 cm³/mol. The summed E-state index contributed by atoms with van der Waals surface area (Å²) >= 11 is 7.28. The normalized spacial score (nSPS) is 14.2. The number of Topliss-reactive ketones (excluding diaryl/α,β-unsaturated/α-hetero) is 1. The maximum Gasteiger partial charge on any atom is 0.261 e. The highest BCUT2D eigenvalue weighted by atomic mass is 79.9. The number of nitrogens with one attached hydrogen (secondary N) is 4. The summed E-state index contributed by atoms with van der Waals surface area (Å²) in [5.74, 6) is 5.83. The van der Waals surface area contributed by atoms with E-state index in [0.29, 0.717) is 36.1 Å². The minimum atomic E-state index is -0.554. The summed E-state index contributed by atoms with van der Waals surface area (Å²) < 4.78 is 1.89. The molecule has 4 saturated heterocycles. The second-order valence-corrected chi connectivity index (χ2v) is 41.8. The molecule has 5 aliphatic heterocycles. The van der Waals surface area contributed by atoms with Crippen LogP contribution in [0, 0.1) is 55.4 Å². The summed E-state index contributed by atoms with van der Waals surface area (Å²) in [6.07, 6.45) is 14.7. The molecule has 23 heteroatoms. The molecular formula is C114H147Br2ClN11O8P. The van der Waals surface area contributed by atoms with E-state index in [4.69, 9.17) is 11.6 Å². The third-order valence-electron chi connectivity index (χ3n) is 27.6. The molecule has 3 aromatic heterocycles. The first-order chi connectivity index (χ1) is 63.8. The molecule has 0 bridgehead atoms. The average Bonchev–Trinajstić information content (AvgIpc) is 1.61. The van der Waals surface area contributed by atoms with Crippen LogP contribution in [0.25, 0.3) is 66.5 Å². The van der Waals surface area contributed by atoms with Crippen LogP contribution in [0.4, 0.5) is 5.69 Å². The quantitative estimate of drug-likeness (QED) is 0.0116. The van der Waals surface area contributed by atoms with E-state index in [1.807, 2.05) is 83.7 Å². The number of hydrazine groups is 1. The Morgan fingerprint density at radius 1 is 0.409 bits per heavy atom. The number of ketones is 1. The van der Waals surface area contributed by atoms with Gasteiger partial charge in [0.2, 0.25) is 23.6 Å². The van der Waals surface area contributed by atoms with Gasteiger partial charge in [-0.2, -0.15) is 9.90 Å². The Hall–Kier alpha value is -10.4. The van der Waals surface area contributed by atoms with Crippen molar-refractivity contribution in [3.8, 4) is 33.8 Å². The molecule has 137 heavy (non-hydrogen) atoms. The fourth-order valence-corrected chi connectivity index (χ4v) is 21.4. The highest BCUT2D eigenvalue weighted by molar-refractivity contribution is 9.11. The summed E-state index contributed by atoms with van der Waals surface area (Å²) in [6, 6.07) is 55.9. The molecule has 0 radical (unpaired) electrons. The fourth-order valence-electron chi connectivity index (χ4n) is 20.4. The van der Waals surface area contributed by atoms with E-state index < -0.39 is 21.7 Å². The third kappa shape index (κ3) is 24.4. The van der Waals surface area contributed by atoms with Crippen molar-refractivity contribution in [2.45, 2.75) is 243 Å². The topological polar surface area (TPSA) is 279 Å². The van der Waals surface area contributed by atoms with Gasteiger partial charge in [0.15, 0.2) is 5.78 Å². The molecule has 5 aliphatic rings. The van der Waals surface area contributed by atoms with Crippen LogP contribution in [-0.4, -0.2) is 152 Å². The largest absolute Gasteiger partial charge is 0.412 e. The Balaban J connectivity index is 0.000000193. The number of hydrogen-bond acceptors (Lipinski definition) is 10. The molecule has 0 saturated carbocycles. The van der Waals surface area contributed by atoms with Gasteiger partial charge in [-0.3, -0.25) is 44.3 Å². The van der Waals surface area contributed by atoms with Gasteiger partial charge in [-0.1, -0.05) is 126 Å². The van der Waals surface area contributed by atoms with Crippen LogP contribution in [0.3, 0.4) is 0 Å². The van der Waals surface area contributed by atoms with Gasteiger partial charge < -0.3 is 51.2 Å². The minimum absolute atomic E-state index is 0. The van der Waals surface area contributed by atoms with Crippen molar-refractivity contribution >= 4 is 134 Å². The monoisotopic (exact) mass is 2020 g/mol. The van der Waals surface area contributed by atoms with Gasteiger partial charge in [-0.25, -0.2) is 0 Å². The van der Waals surface area contributed by atoms with Crippen molar-refractivity contribution < 1.29 is 40.5 Å². The molecule has 6 amide bonds. The van der Waals surface area contributed by atoms with Crippen LogP contribution >= 0.6 is 54.2 Å². The smallest absolute Gasteiger partial charge is 0.261 e. The molecule has 1 unspecified atom stereocenters. The predicted octanol–water partition coefficient (Wildman–Crippen LogP) is 24.3. The zero-order valence-corrected chi connectivity index (χ0v) is 89.3. The zero-order chi connectivity index (χ0) is 96.6. The molecule has 8 heterocycles. The summed E-state index contributed by atoms with van der Waals surface area (Å²) in [5.41, 5.74) is 37.4. The lowest BCUT2D eigenvalue weighted by Gasteiger charge is -2.30. The number of carbonyl (C=O) groups excluding carboxylic acids is 7. The van der Waals surface area contributed by atoms with Gasteiger partial charge in [0, 0.05) is 126 Å². The lowest BCUT2D eigenvalue weighted by molar-refractivity contribution is -0.135. The number of likely N-dealkylation sites (tertiary alicyclic amines) is 4. The van der Waals surface area contributed by atoms with E-state index in [9.17, 15) is 33.6 Å². The van der Waals surface area contributed by atoms with E-state index >= 15 is 0 Å². The number of halogens is 3. The summed E-state index contributed by atoms with van der Waals surface area (Å²) in [4.78, 5) is 110. The van der Waals surface area contributed by atoms with Crippen LogP contribution in [0.1, 0.15) is 262 Å². The highest BCUT2D eigenvalue weighted by Crippen LogP contribution is 2.44. The van der Waals surface area contributed by atoms with Gasteiger partial charge in [0.05, 0.1) is 44.0 Å². The number of nitrogen functional groups attached to an aromatic ring is 1. The van der Waals surface area contributed by atoms with Crippen molar-refractivity contribution in [1.29, 1.82) is 0 Å². The first-order valence-electron chi connectivity index (χ1n) is 48.4. The Morgan fingerprint density at radius 3 is 1.07 bits per heavy atom. The summed E-state index contributed by atoms with van der Waals surface area (Å²) in [7, 11) is 0. The molecule has 19 nitrogen and oxygen atoms in total. The number of fused-ring (bicyclic) bond motifs is 4. The number of nitrogens with two attached hydrogens (primary N) is 2. The van der Waals surface area contributed by atoms with Crippen molar-refractivity contribution in [3.05, 3.63) is 273 Å². The van der Waals surface area contributed by atoms with Gasteiger partial charge in [-0.15, -0.1) is 12.4 Å². The number of carbonyl (C=O) groups is 7. The lowest BCUT2D eigenvalue weighted by atomic mass is 9.82. The SMILES string of the molecule is CC(C)(C(=O)N1CCCC1)c1ccc(NN)c(Br)c1.CCCc1c(-c2cc(C)cc(C)c2)[nH]c2c(Br)cc(C(C)(C)C(=O)N3CCCC3)cc12.CCCc1c(-c2cc(C)cc(C)c2)[nH]c2ccc(C(C)(C)C(=O)N3CCCC3)cc12.Cc1cc(C)cc(-c2[nH]c3ccc(C(C)(C)C(=O)N4CCCC4)cc3c2CCN)c1.Cc1cc(C)cc(C(=O)CCCN2C(=O)c3ccccc3C2=O)c1.Cl.O.P.[HH]. The first-order valence-corrected chi connectivity index (χ1v) is 50.0. The van der Waals surface area contributed by atoms with Crippen molar-refractivity contribution in [2.75, 3.05) is 70.9 Å². The highest BCUT2D eigenvalue weighted by Gasteiger charge is 2.41. The molecule has 17 rings (SSSR count). The second kappa shape index (κ2) is 46.6. The molecule has 10 N–H and O–H groups in total. The number of aromatic amines is 3. The standard InChI is InChI=1S/C27H33BrN2O.C27H34N2O.C26H33N3O.C20H19NO3.C14H20BrN3O.ClH.H2O.H3P.H2/c1-6-9-21-22-15-20(27(4,5)26(31)30-10-7-8-11-30)16-23(28)25(22)29-24(21)19-13-17(2)12-18(3)14-19;1-6-9-22-23-17-21(27(4,5)26(30)29-12-7-8-13-29)10-11-24(23)28-25(22)20-15-18(2)14-19(3)16-20;1-17-13-18(2)15-19(14-17)24-21(9-10-27)22-16-20(7-8-23(22)28-24)26(3,4)25(30)29-11-5-6-12-29;1-13-10-14(2)12-15(11-13)18(22)8-5-9-21-19(23)16-6-3-4-7-17(16)20(21)24;1-14(2,13(19)18-7-3-4-8-18)10-5-6-12(17-16)11(15)9-10;;;;/h12-16,29H,6-11H2,1-5H3;10-11,14-17,28H,6-9,12-13H2,1-5H3;7-8,13-16,28H,5-6,9-12,27H2,1-4H3;3-4,6-7,10-12H,5,8-9H2,1-2H3;5-6,9,17H,3-4,7-8,16H2,1-2H3;1H;1H2;1H3;1H. The Kier molecular flexibility index (Phi) is 37.0. The molecule has 0 aliphatic carbocycles. The number of benzene rings is 9. The average molecular weight is 2030 g/mol. The third-order valence-corrected chi connectivity index (χ3v) is 28.9. The van der Waals surface area contributed by atoms with Gasteiger partial charge in [-0.05, 0) is 391 Å². The summed E-state index contributed by atoms with van der Waals surface area (Å²) in [5, 5.41) is 3.66. The molecular weight excluding hydrogens is 1880 g/mol. The number of H-pyrrole nitrogens is 3. The summed E-state index contributed by atoms with van der Waals surface area (Å²) in [6.45, 7) is 45.5. The number of rotatable bonds is 23. The molecule has 732 valence electrons. The Bertz CT molecular complexity index is 6110. The number of imide groups is 1. The van der Waals surface area contributed by atoms with E-state index in [1.54, 1.807) is 24.3 Å². The molecule has 9 aromatic carbocycles. The zero-order valence-electron chi connectivity index (χ0n) is 83.9. The maximum atomic E-state index is 13.3. The van der Waals surface area contributed by atoms with Crippen LogP contribution < -0.4 is 17.0 Å². The van der Waals surface area contributed by atoms with Crippen molar-refractivity contribution in [2.24, 2.45) is 11.6 Å². The molecule has 12 aromatic rings. The van der Waals surface area contributed by atoms with E-state index in [2.05, 4.69) is 252 Å². The number of amides is 6. The first kappa shape index (κ1) is 109. The van der Waals surface area contributed by atoms with E-state index in [1.165, 1.54) is 99.2 Å². The number of anilines is 1. The van der Waals surface area contributed by atoms with Crippen LogP contribution in [0.2, 0.25) is 0 Å². The van der Waals surface area contributed by atoms with Crippen molar-refractivity contribution in [3.63, 3.8) is 0 Å². The number of aryl methyl sites for hydroxylation is 10. The molecule has 0 spiro atoms. The van der Waals surface area contributed by atoms with E-state index in [-0.39, 0.29) is 77.0 Å². The second-order valence-electron chi connectivity index (χ2n) is 40.1. The van der Waals surface area contributed by atoms with Gasteiger partial charge >= 0.3 is 0 Å². The van der Waals surface area contributed by atoms with Gasteiger partial charge in [0.1, 0.15) is 0 Å². The van der Waals surface area contributed by atoms with Crippen LogP contribution in [-0.2, 0) is 60.1 Å². The molecule has 4 fully saturated rings. The number of hydrogen-bond donors (Lipinski definition) is 6. The number of nitrogens with zero attached hydrogens (tertiary/aromatic N) is 5. The Labute approximate surface area is 839 Å². The fraction of sp³-hybridized carbons (Fsp3) is 0.412.